The molecule has 0 spiro atoms. The Morgan fingerprint density at radius 2 is 1.42 bits per heavy atom. The first-order valence-electron chi connectivity index (χ1n) is 3.31. The third-order valence-corrected chi connectivity index (χ3v) is 2.96. The summed E-state index contributed by atoms with van der Waals surface area (Å²) < 4.78 is 52.7. The number of halogens is 1. The van der Waals surface area contributed by atoms with Crippen molar-refractivity contribution in [3.63, 3.8) is 0 Å². The summed E-state index contributed by atoms with van der Waals surface area (Å²) in [6, 6.07) is 0. The van der Waals surface area contributed by atoms with Crippen LogP contribution in [0.15, 0.2) is 0 Å². The SMILES string of the molecule is CS(=O)(=O)CCCCS(=O)(=O)F. The fraction of sp³-hybridized carbons (Fsp3) is 1.00. The summed E-state index contributed by atoms with van der Waals surface area (Å²) in [5, 5.41) is 0. The molecule has 0 aliphatic rings. The monoisotopic (exact) mass is 218 g/mol. The lowest BCUT2D eigenvalue weighted by atomic mass is 10.4. The average Bonchev–Trinajstić information content (AvgIpc) is 1.76. The van der Waals surface area contributed by atoms with Crippen molar-refractivity contribution in [1.82, 2.24) is 0 Å². The van der Waals surface area contributed by atoms with Crippen LogP contribution in [0.5, 0.6) is 0 Å². The highest BCUT2D eigenvalue weighted by Crippen LogP contribution is 1.99. The maximum absolute atomic E-state index is 11.8. The van der Waals surface area contributed by atoms with Crippen molar-refractivity contribution in [2.75, 3.05) is 17.8 Å². The van der Waals surface area contributed by atoms with Gasteiger partial charge < -0.3 is 0 Å². The third kappa shape index (κ3) is 9.83. The first-order chi connectivity index (χ1) is 5.21. The quantitative estimate of drug-likeness (QED) is 0.485. The zero-order chi connectivity index (χ0) is 9.83. The molecular formula is C5H11FO4S2. The van der Waals surface area contributed by atoms with Crippen molar-refractivity contribution in [1.29, 1.82) is 0 Å². The van der Waals surface area contributed by atoms with E-state index in [9.17, 15) is 20.7 Å². The van der Waals surface area contributed by atoms with E-state index in [0.717, 1.165) is 6.26 Å². The standard InChI is InChI=1S/C5H11FO4S2/c1-11(7,8)4-2-3-5-12(6,9)10/h2-5H2,1H3. The van der Waals surface area contributed by atoms with Crippen molar-refractivity contribution < 1.29 is 20.7 Å². The van der Waals surface area contributed by atoms with Crippen molar-refractivity contribution in [3.8, 4) is 0 Å². The number of rotatable bonds is 5. The number of hydrogen-bond donors (Lipinski definition) is 0. The summed E-state index contributed by atoms with van der Waals surface area (Å²) in [6.07, 6.45) is 1.28. The molecule has 12 heavy (non-hydrogen) atoms. The summed E-state index contributed by atoms with van der Waals surface area (Å²) in [5.74, 6) is -0.689. The Morgan fingerprint density at radius 3 is 1.75 bits per heavy atom. The summed E-state index contributed by atoms with van der Waals surface area (Å²) in [7, 11) is -7.50. The Morgan fingerprint density at radius 1 is 1.00 bits per heavy atom. The van der Waals surface area contributed by atoms with E-state index in [4.69, 9.17) is 0 Å². The first-order valence-corrected chi connectivity index (χ1v) is 6.92. The van der Waals surface area contributed by atoms with Crippen LogP contribution in [0.4, 0.5) is 3.89 Å². The van der Waals surface area contributed by atoms with E-state index >= 15 is 0 Å². The second kappa shape index (κ2) is 4.18. The highest BCUT2D eigenvalue weighted by atomic mass is 32.3. The Labute approximate surface area is 71.9 Å². The van der Waals surface area contributed by atoms with Crippen LogP contribution in [0.25, 0.3) is 0 Å². The van der Waals surface area contributed by atoms with Crippen molar-refractivity contribution in [2.45, 2.75) is 12.8 Å². The van der Waals surface area contributed by atoms with Gasteiger partial charge in [-0.2, -0.15) is 8.42 Å². The zero-order valence-electron chi connectivity index (χ0n) is 6.66. The lowest BCUT2D eigenvalue weighted by Crippen LogP contribution is -2.05. The third-order valence-electron chi connectivity index (χ3n) is 1.15. The van der Waals surface area contributed by atoms with Crippen LogP contribution < -0.4 is 0 Å². The van der Waals surface area contributed by atoms with Gasteiger partial charge >= 0.3 is 10.2 Å². The molecule has 74 valence electrons. The molecule has 0 fully saturated rings. The lowest BCUT2D eigenvalue weighted by Gasteiger charge is -1.95. The first kappa shape index (κ1) is 11.8. The average molecular weight is 218 g/mol. The Kier molecular flexibility index (Phi) is 4.12. The molecule has 0 aromatic carbocycles. The van der Waals surface area contributed by atoms with E-state index in [0.29, 0.717) is 0 Å². The predicted molar refractivity (Wildman–Crippen MR) is 43.8 cm³/mol. The molecule has 0 aliphatic heterocycles. The Bertz CT molecular complexity index is 281. The largest absolute Gasteiger partial charge is 0.302 e. The molecule has 0 saturated carbocycles. The molecular weight excluding hydrogens is 207 g/mol. The van der Waals surface area contributed by atoms with Gasteiger partial charge in [0.1, 0.15) is 9.84 Å². The molecule has 0 atom stereocenters. The van der Waals surface area contributed by atoms with Crippen LogP contribution in [-0.4, -0.2) is 34.6 Å². The Hall–Kier alpha value is -0.170. The van der Waals surface area contributed by atoms with Gasteiger partial charge in [-0.25, -0.2) is 8.42 Å². The van der Waals surface area contributed by atoms with E-state index in [1.807, 2.05) is 0 Å². The minimum atomic E-state index is -4.44. The molecule has 0 aromatic rings. The molecule has 0 bridgehead atoms. The second-order valence-electron chi connectivity index (χ2n) is 2.58. The fourth-order valence-corrected chi connectivity index (χ4v) is 1.92. The van der Waals surface area contributed by atoms with E-state index in [-0.39, 0.29) is 18.6 Å². The molecule has 0 rings (SSSR count). The summed E-state index contributed by atoms with van der Waals surface area (Å²) in [5.41, 5.74) is 0. The summed E-state index contributed by atoms with van der Waals surface area (Å²) >= 11 is 0. The van der Waals surface area contributed by atoms with Crippen molar-refractivity contribution in [3.05, 3.63) is 0 Å². The maximum atomic E-state index is 11.8. The van der Waals surface area contributed by atoms with Crippen LogP contribution in [0.3, 0.4) is 0 Å². The smallest absolute Gasteiger partial charge is 0.229 e. The van der Waals surface area contributed by atoms with Gasteiger partial charge in [-0.1, -0.05) is 0 Å². The van der Waals surface area contributed by atoms with Crippen molar-refractivity contribution >= 4 is 20.1 Å². The summed E-state index contributed by atoms with van der Waals surface area (Å²) in [6.45, 7) is 0. The molecule has 0 aromatic heterocycles. The Balaban J connectivity index is 3.62. The predicted octanol–water partition coefficient (Wildman–Crippen LogP) is 0.111. The minimum absolute atomic E-state index is 0.0475. The van der Waals surface area contributed by atoms with Crippen LogP contribution >= 0.6 is 0 Å². The van der Waals surface area contributed by atoms with E-state index in [1.165, 1.54) is 0 Å². The zero-order valence-corrected chi connectivity index (χ0v) is 8.29. The van der Waals surface area contributed by atoms with Crippen LogP contribution in [0, 0.1) is 0 Å². The lowest BCUT2D eigenvalue weighted by molar-refractivity contribution is 0.547. The van der Waals surface area contributed by atoms with Gasteiger partial charge in [0, 0.05) is 12.0 Å². The summed E-state index contributed by atoms with van der Waals surface area (Å²) in [4.78, 5) is 0. The van der Waals surface area contributed by atoms with Gasteiger partial charge in [-0.05, 0) is 12.8 Å². The van der Waals surface area contributed by atoms with Gasteiger partial charge in [-0.15, -0.1) is 3.89 Å². The second-order valence-corrected chi connectivity index (χ2v) is 6.33. The van der Waals surface area contributed by atoms with Gasteiger partial charge in [0.05, 0.1) is 5.75 Å². The molecule has 0 amide bonds. The fourth-order valence-electron chi connectivity index (χ4n) is 0.639. The molecule has 0 unspecified atom stereocenters. The van der Waals surface area contributed by atoms with Crippen molar-refractivity contribution in [2.24, 2.45) is 0 Å². The highest BCUT2D eigenvalue weighted by molar-refractivity contribution is 7.90. The van der Waals surface area contributed by atoms with E-state index in [1.54, 1.807) is 0 Å². The van der Waals surface area contributed by atoms with E-state index < -0.39 is 25.8 Å². The van der Waals surface area contributed by atoms with Gasteiger partial charge in [0.15, 0.2) is 0 Å². The molecule has 0 radical (unpaired) electrons. The number of unbranched alkanes of at least 4 members (excludes halogenated alkanes) is 1. The molecule has 4 nitrogen and oxygen atoms in total. The molecule has 0 aliphatic carbocycles. The molecule has 0 heterocycles. The highest BCUT2D eigenvalue weighted by Gasteiger charge is 2.07. The number of hydrogen-bond acceptors (Lipinski definition) is 4. The van der Waals surface area contributed by atoms with Crippen LogP contribution in [0.2, 0.25) is 0 Å². The molecule has 0 N–H and O–H groups in total. The number of sulfone groups is 1. The molecule has 0 saturated heterocycles. The van der Waals surface area contributed by atoms with E-state index in [2.05, 4.69) is 0 Å². The topological polar surface area (TPSA) is 68.3 Å². The molecule has 7 heteroatoms. The van der Waals surface area contributed by atoms with Crippen LogP contribution in [-0.2, 0) is 20.1 Å². The maximum Gasteiger partial charge on any atom is 0.302 e. The van der Waals surface area contributed by atoms with Gasteiger partial charge in [0.25, 0.3) is 0 Å². The van der Waals surface area contributed by atoms with Gasteiger partial charge in [0.2, 0.25) is 0 Å². The normalized spacial score (nSPS) is 13.2. The minimum Gasteiger partial charge on any atom is -0.229 e. The van der Waals surface area contributed by atoms with Gasteiger partial charge in [-0.3, -0.25) is 0 Å². The van der Waals surface area contributed by atoms with Crippen LogP contribution in [0.1, 0.15) is 12.8 Å².